The van der Waals surface area contributed by atoms with Crippen LogP contribution in [0.2, 0.25) is 0 Å². The Bertz CT molecular complexity index is 318. The van der Waals surface area contributed by atoms with E-state index in [4.69, 9.17) is 0 Å². The molecule has 2 heteroatoms. The van der Waals surface area contributed by atoms with Crippen LogP contribution in [0.5, 0.6) is 0 Å². The van der Waals surface area contributed by atoms with Gasteiger partial charge in [0.05, 0.1) is 6.10 Å². The minimum Gasteiger partial charge on any atom is -0.393 e. The molecule has 0 aromatic rings. The van der Waals surface area contributed by atoms with E-state index in [1.165, 1.54) is 51.4 Å². The summed E-state index contributed by atoms with van der Waals surface area (Å²) >= 11 is 0. The molecule has 0 unspecified atom stereocenters. The van der Waals surface area contributed by atoms with E-state index in [2.05, 4.69) is 18.3 Å². The molecule has 2 N–H and O–H groups in total. The Hall–Kier alpha value is -0.340. The molecular weight excluding hydrogens is 258 g/mol. The van der Waals surface area contributed by atoms with Gasteiger partial charge in [0.15, 0.2) is 0 Å². The third-order valence-corrected chi connectivity index (χ3v) is 5.83. The molecule has 0 aromatic heterocycles. The Balaban J connectivity index is 1.68. The SMILES string of the molecule is CC[C@@H]1CCC=C(CC[C@H](O)C2CCC(CNC)CC2)C1. The van der Waals surface area contributed by atoms with Gasteiger partial charge in [-0.05, 0) is 89.1 Å². The van der Waals surface area contributed by atoms with E-state index in [1.807, 2.05) is 7.05 Å². The van der Waals surface area contributed by atoms with Crippen LogP contribution in [0.1, 0.15) is 71.1 Å². The van der Waals surface area contributed by atoms with Crippen molar-refractivity contribution in [2.24, 2.45) is 17.8 Å². The molecule has 2 rings (SSSR count). The molecule has 0 radical (unpaired) electrons. The standard InChI is InChI=1S/C19H35NO/c1-3-15-5-4-6-16(13-15)9-12-19(21)18-10-7-17(8-11-18)14-20-2/h6,15,17-21H,3-5,7-14H2,1-2H3/t15-,17?,18?,19+/m1/s1. The zero-order chi connectivity index (χ0) is 15.1. The fourth-order valence-corrected chi connectivity index (χ4v) is 4.27. The van der Waals surface area contributed by atoms with Crippen molar-refractivity contribution in [1.82, 2.24) is 5.32 Å². The van der Waals surface area contributed by atoms with Gasteiger partial charge >= 0.3 is 0 Å². The maximum absolute atomic E-state index is 10.5. The first-order valence-electron chi connectivity index (χ1n) is 9.23. The Labute approximate surface area is 131 Å². The highest BCUT2D eigenvalue weighted by Gasteiger charge is 2.26. The van der Waals surface area contributed by atoms with Gasteiger partial charge < -0.3 is 10.4 Å². The highest BCUT2D eigenvalue weighted by Crippen LogP contribution is 2.34. The molecular formula is C19H35NO. The summed E-state index contributed by atoms with van der Waals surface area (Å²) in [6.45, 7) is 3.46. The molecule has 2 aliphatic rings. The van der Waals surface area contributed by atoms with Crippen LogP contribution in [0.25, 0.3) is 0 Å². The van der Waals surface area contributed by atoms with Gasteiger partial charge in [0.2, 0.25) is 0 Å². The monoisotopic (exact) mass is 293 g/mol. The number of allylic oxidation sites excluding steroid dienone is 2. The number of rotatable bonds is 7. The van der Waals surface area contributed by atoms with Crippen LogP contribution in [0.15, 0.2) is 11.6 Å². The smallest absolute Gasteiger partial charge is 0.0571 e. The molecule has 0 aliphatic heterocycles. The second-order valence-corrected chi connectivity index (χ2v) is 7.36. The summed E-state index contributed by atoms with van der Waals surface area (Å²) in [5, 5.41) is 13.8. The van der Waals surface area contributed by atoms with Crippen molar-refractivity contribution in [2.45, 2.75) is 77.2 Å². The van der Waals surface area contributed by atoms with Gasteiger partial charge in [0.25, 0.3) is 0 Å². The minimum absolute atomic E-state index is 0.0663. The van der Waals surface area contributed by atoms with Gasteiger partial charge in [-0.1, -0.05) is 25.0 Å². The third-order valence-electron chi connectivity index (χ3n) is 5.83. The summed E-state index contributed by atoms with van der Waals surface area (Å²) in [6.07, 6.45) is 14.8. The average molecular weight is 293 g/mol. The molecule has 0 saturated heterocycles. The molecule has 1 saturated carbocycles. The lowest BCUT2D eigenvalue weighted by Gasteiger charge is -2.32. The van der Waals surface area contributed by atoms with Crippen molar-refractivity contribution in [2.75, 3.05) is 13.6 Å². The van der Waals surface area contributed by atoms with E-state index in [0.717, 1.165) is 31.2 Å². The van der Waals surface area contributed by atoms with Crippen LogP contribution >= 0.6 is 0 Å². The van der Waals surface area contributed by atoms with E-state index in [-0.39, 0.29) is 6.10 Å². The Kier molecular flexibility index (Phi) is 7.25. The van der Waals surface area contributed by atoms with Gasteiger partial charge in [-0.3, -0.25) is 0 Å². The second kappa shape index (κ2) is 8.95. The number of hydrogen-bond donors (Lipinski definition) is 2. The van der Waals surface area contributed by atoms with Crippen molar-refractivity contribution in [3.8, 4) is 0 Å². The molecule has 122 valence electrons. The van der Waals surface area contributed by atoms with Gasteiger partial charge in [0.1, 0.15) is 0 Å². The highest BCUT2D eigenvalue weighted by atomic mass is 16.3. The van der Waals surface area contributed by atoms with Crippen LogP contribution in [0.4, 0.5) is 0 Å². The molecule has 0 bridgehead atoms. The molecule has 0 aromatic carbocycles. The molecule has 2 aliphatic carbocycles. The minimum atomic E-state index is -0.0663. The molecule has 2 atom stereocenters. The fraction of sp³-hybridized carbons (Fsp3) is 0.895. The van der Waals surface area contributed by atoms with Crippen LogP contribution in [0, 0.1) is 17.8 Å². The van der Waals surface area contributed by atoms with Crippen molar-refractivity contribution >= 4 is 0 Å². The maximum Gasteiger partial charge on any atom is 0.0571 e. The lowest BCUT2D eigenvalue weighted by molar-refractivity contribution is 0.0668. The number of nitrogens with one attached hydrogen (secondary N) is 1. The van der Waals surface area contributed by atoms with Gasteiger partial charge in [-0.25, -0.2) is 0 Å². The van der Waals surface area contributed by atoms with E-state index < -0.39 is 0 Å². The molecule has 0 spiro atoms. The summed E-state index contributed by atoms with van der Waals surface area (Å²) in [4.78, 5) is 0. The average Bonchev–Trinajstić information content (AvgIpc) is 2.54. The first kappa shape index (κ1) is 17.0. The van der Waals surface area contributed by atoms with Gasteiger partial charge in [-0.2, -0.15) is 0 Å². The predicted octanol–water partition coefficient (Wildman–Crippen LogP) is 4.29. The van der Waals surface area contributed by atoms with E-state index >= 15 is 0 Å². The van der Waals surface area contributed by atoms with Crippen LogP contribution in [-0.2, 0) is 0 Å². The first-order chi connectivity index (χ1) is 10.2. The van der Waals surface area contributed by atoms with E-state index in [9.17, 15) is 5.11 Å². The Morgan fingerprint density at radius 2 is 1.95 bits per heavy atom. The normalized spacial score (nSPS) is 31.8. The summed E-state index contributed by atoms with van der Waals surface area (Å²) in [7, 11) is 2.04. The Morgan fingerprint density at radius 1 is 1.19 bits per heavy atom. The number of aliphatic hydroxyl groups excluding tert-OH is 1. The zero-order valence-corrected chi connectivity index (χ0v) is 14.1. The largest absolute Gasteiger partial charge is 0.393 e. The summed E-state index contributed by atoms with van der Waals surface area (Å²) < 4.78 is 0. The zero-order valence-electron chi connectivity index (χ0n) is 14.1. The van der Waals surface area contributed by atoms with Crippen LogP contribution in [-0.4, -0.2) is 24.8 Å². The molecule has 1 fully saturated rings. The lowest BCUT2D eigenvalue weighted by atomic mass is 9.77. The fourth-order valence-electron chi connectivity index (χ4n) is 4.27. The third kappa shape index (κ3) is 5.41. The molecule has 0 heterocycles. The maximum atomic E-state index is 10.5. The summed E-state index contributed by atoms with van der Waals surface area (Å²) in [5.74, 6) is 2.30. The van der Waals surface area contributed by atoms with Gasteiger partial charge in [0, 0.05) is 0 Å². The summed E-state index contributed by atoms with van der Waals surface area (Å²) in [5.41, 5.74) is 1.62. The number of hydrogen-bond acceptors (Lipinski definition) is 2. The van der Waals surface area contributed by atoms with Gasteiger partial charge in [-0.15, -0.1) is 0 Å². The molecule has 0 amide bonds. The number of aliphatic hydroxyl groups is 1. The summed E-state index contributed by atoms with van der Waals surface area (Å²) in [6, 6.07) is 0. The molecule has 2 nitrogen and oxygen atoms in total. The second-order valence-electron chi connectivity index (χ2n) is 7.36. The predicted molar refractivity (Wildman–Crippen MR) is 90.3 cm³/mol. The van der Waals surface area contributed by atoms with Crippen molar-refractivity contribution in [3.63, 3.8) is 0 Å². The highest BCUT2D eigenvalue weighted by molar-refractivity contribution is 5.07. The topological polar surface area (TPSA) is 32.3 Å². The quantitative estimate of drug-likeness (QED) is 0.686. The lowest BCUT2D eigenvalue weighted by Crippen LogP contribution is -2.29. The van der Waals surface area contributed by atoms with E-state index in [0.29, 0.717) is 5.92 Å². The van der Waals surface area contributed by atoms with Crippen LogP contribution < -0.4 is 5.32 Å². The molecule has 21 heavy (non-hydrogen) atoms. The van der Waals surface area contributed by atoms with E-state index in [1.54, 1.807) is 5.57 Å². The van der Waals surface area contributed by atoms with Crippen molar-refractivity contribution < 1.29 is 5.11 Å². The first-order valence-corrected chi connectivity index (χ1v) is 9.23. The van der Waals surface area contributed by atoms with Crippen molar-refractivity contribution in [1.29, 1.82) is 0 Å². The Morgan fingerprint density at radius 3 is 2.62 bits per heavy atom. The van der Waals surface area contributed by atoms with Crippen LogP contribution in [0.3, 0.4) is 0 Å². The van der Waals surface area contributed by atoms with Crippen molar-refractivity contribution in [3.05, 3.63) is 11.6 Å².